The van der Waals surface area contributed by atoms with E-state index in [1.165, 1.54) is 4.57 Å². The average Bonchev–Trinajstić information content (AvgIpc) is 2.32. The highest BCUT2D eigenvalue weighted by molar-refractivity contribution is 5.73. The van der Waals surface area contributed by atoms with Gasteiger partial charge in [0.05, 0.1) is 0 Å². The van der Waals surface area contributed by atoms with Crippen LogP contribution in [0.25, 0.3) is 0 Å². The zero-order chi connectivity index (χ0) is 10.0. The Morgan fingerprint density at radius 1 is 1.54 bits per heavy atom. The highest BCUT2D eigenvalue weighted by Gasteiger charge is 2.06. The third-order valence-electron chi connectivity index (χ3n) is 1.76. The van der Waals surface area contributed by atoms with Crippen LogP contribution in [0.2, 0.25) is 0 Å². The molecule has 0 radical (unpaired) electrons. The Morgan fingerprint density at radius 2 is 2.15 bits per heavy atom. The Morgan fingerprint density at radius 3 is 2.54 bits per heavy atom. The van der Waals surface area contributed by atoms with Crippen molar-refractivity contribution >= 4 is 5.91 Å². The van der Waals surface area contributed by atoms with Gasteiger partial charge in [0, 0.05) is 18.4 Å². The Hall–Kier alpha value is -1.52. The highest BCUT2D eigenvalue weighted by Crippen LogP contribution is 1.98. The summed E-state index contributed by atoms with van der Waals surface area (Å²) in [6.45, 7) is 3.74. The number of amides is 1. The van der Waals surface area contributed by atoms with Gasteiger partial charge in [-0.05, 0) is 13.8 Å². The molecule has 0 saturated carbocycles. The number of nitrogens with zero attached hydrogens (tertiary/aromatic N) is 2. The number of nitrogens with two attached hydrogens (primary N) is 1. The van der Waals surface area contributed by atoms with Crippen molar-refractivity contribution in [2.45, 2.75) is 26.4 Å². The van der Waals surface area contributed by atoms with E-state index in [1.54, 1.807) is 17.0 Å². The maximum atomic E-state index is 11.5. The van der Waals surface area contributed by atoms with E-state index >= 15 is 0 Å². The summed E-state index contributed by atoms with van der Waals surface area (Å²) in [6, 6.07) is 0.0987. The monoisotopic (exact) mass is 183 g/mol. The summed E-state index contributed by atoms with van der Waals surface area (Å²) in [6.07, 6.45) is 3.21. The Bertz CT molecular complexity index is 362. The van der Waals surface area contributed by atoms with Crippen molar-refractivity contribution in [2.75, 3.05) is 0 Å². The fourth-order valence-corrected chi connectivity index (χ4v) is 1.11. The Balaban J connectivity index is 3.00. The first-order chi connectivity index (χ1) is 6.02. The van der Waals surface area contributed by atoms with Crippen LogP contribution in [0.4, 0.5) is 0 Å². The third kappa shape index (κ3) is 1.99. The van der Waals surface area contributed by atoms with E-state index in [-0.39, 0.29) is 18.3 Å². The molecule has 1 rings (SSSR count). The molecule has 0 bridgehead atoms. The minimum absolute atomic E-state index is 0.0570. The van der Waals surface area contributed by atoms with E-state index in [0.717, 1.165) is 0 Å². The lowest BCUT2D eigenvalue weighted by Gasteiger charge is -2.03. The van der Waals surface area contributed by atoms with Gasteiger partial charge in [0.2, 0.25) is 5.91 Å². The van der Waals surface area contributed by atoms with Crippen LogP contribution in [0.15, 0.2) is 17.2 Å². The fraction of sp³-hybridized carbons (Fsp3) is 0.500. The zero-order valence-corrected chi connectivity index (χ0v) is 7.73. The third-order valence-corrected chi connectivity index (χ3v) is 1.76. The number of imidazole rings is 1. The molecule has 0 fully saturated rings. The highest BCUT2D eigenvalue weighted by atomic mass is 16.2. The normalized spacial score (nSPS) is 10.7. The first-order valence-corrected chi connectivity index (χ1v) is 4.08. The molecule has 0 aliphatic carbocycles. The van der Waals surface area contributed by atoms with E-state index in [2.05, 4.69) is 0 Å². The van der Waals surface area contributed by atoms with Gasteiger partial charge >= 0.3 is 5.69 Å². The molecule has 0 atom stereocenters. The summed E-state index contributed by atoms with van der Waals surface area (Å²) >= 11 is 0. The standard InChI is InChI=1S/C8H13N3O2/c1-6(2)11-4-3-10(8(11)13)5-7(9)12/h3-4,6H,5H2,1-2H3,(H2,9,12). The van der Waals surface area contributed by atoms with Gasteiger partial charge in [-0.15, -0.1) is 0 Å². The van der Waals surface area contributed by atoms with Crippen LogP contribution in [0, 0.1) is 0 Å². The number of hydrogen-bond donors (Lipinski definition) is 1. The molecule has 1 amide bonds. The van der Waals surface area contributed by atoms with Crippen molar-refractivity contribution in [2.24, 2.45) is 5.73 Å². The molecular weight excluding hydrogens is 170 g/mol. The summed E-state index contributed by atoms with van der Waals surface area (Å²) in [5, 5.41) is 0. The van der Waals surface area contributed by atoms with Crippen molar-refractivity contribution < 1.29 is 4.79 Å². The molecule has 0 aromatic carbocycles. The minimum Gasteiger partial charge on any atom is -0.368 e. The van der Waals surface area contributed by atoms with Crippen molar-refractivity contribution in [1.82, 2.24) is 9.13 Å². The summed E-state index contributed by atoms with van der Waals surface area (Å²) in [4.78, 5) is 22.0. The van der Waals surface area contributed by atoms with E-state index < -0.39 is 5.91 Å². The van der Waals surface area contributed by atoms with Gasteiger partial charge in [0.15, 0.2) is 0 Å². The quantitative estimate of drug-likeness (QED) is 0.699. The van der Waals surface area contributed by atoms with Crippen molar-refractivity contribution in [3.8, 4) is 0 Å². The predicted octanol–water partition coefficient (Wildman–Crippen LogP) is -0.284. The second kappa shape index (κ2) is 3.47. The Kier molecular flexibility index (Phi) is 2.55. The number of primary amides is 1. The lowest BCUT2D eigenvalue weighted by molar-refractivity contribution is -0.118. The molecule has 0 spiro atoms. The van der Waals surface area contributed by atoms with Crippen LogP contribution in [0.5, 0.6) is 0 Å². The second-order valence-electron chi connectivity index (χ2n) is 3.18. The number of aromatic nitrogens is 2. The zero-order valence-electron chi connectivity index (χ0n) is 7.73. The van der Waals surface area contributed by atoms with Gasteiger partial charge < -0.3 is 5.73 Å². The molecule has 0 aliphatic rings. The molecular formula is C8H13N3O2. The molecule has 0 unspecified atom stereocenters. The molecule has 5 nitrogen and oxygen atoms in total. The summed E-state index contributed by atoms with van der Waals surface area (Å²) < 4.78 is 2.84. The Labute approximate surface area is 75.8 Å². The number of carbonyl (C=O) groups is 1. The first kappa shape index (κ1) is 9.57. The minimum atomic E-state index is -0.511. The first-order valence-electron chi connectivity index (χ1n) is 4.08. The molecule has 1 heterocycles. The molecule has 1 aromatic rings. The van der Waals surface area contributed by atoms with Crippen LogP contribution in [0.3, 0.4) is 0 Å². The van der Waals surface area contributed by atoms with Gasteiger partial charge in [0.1, 0.15) is 6.54 Å². The van der Waals surface area contributed by atoms with E-state index in [1.807, 2.05) is 13.8 Å². The summed E-state index contributed by atoms with van der Waals surface area (Å²) in [7, 11) is 0. The molecule has 0 aliphatic heterocycles. The van der Waals surface area contributed by atoms with Crippen LogP contribution >= 0.6 is 0 Å². The lowest BCUT2D eigenvalue weighted by Crippen LogP contribution is -2.30. The fourth-order valence-electron chi connectivity index (χ4n) is 1.11. The maximum Gasteiger partial charge on any atom is 0.328 e. The average molecular weight is 183 g/mol. The van der Waals surface area contributed by atoms with Gasteiger partial charge in [-0.2, -0.15) is 0 Å². The van der Waals surface area contributed by atoms with E-state index in [4.69, 9.17) is 5.73 Å². The largest absolute Gasteiger partial charge is 0.368 e. The van der Waals surface area contributed by atoms with Crippen molar-refractivity contribution in [3.63, 3.8) is 0 Å². The predicted molar refractivity (Wildman–Crippen MR) is 48.3 cm³/mol. The van der Waals surface area contributed by atoms with Gasteiger partial charge in [0.25, 0.3) is 0 Å². The van der Waals surface area contributed by atoms with Crippen LogP contribution in [0.1, 0.15) is 19.9 Å². The van der Waals surface area contributed by atoms with Crippen molar-refractivity contribution in [1.29, 1.82) is 0 Å². The number of carbonyl (C=O) groups excluding carboxylic acids is 1. The van der Waals surface area contributed by atoms with Crippen molar-refractivity contribution in [3.05, 3.63) is 22.9 Å². The smallest absolute Gasteiger partial charge is 0.328 e. The van der Waals surface area contributed by atoms with E-state index in [0.29, 0.717) is 0 Å². The number of rotatable bonds is 3. The summed E-state index contributed by atoms with van der Waals surface area (Å²) in [5.74, 6) is -0.511. The van der Waals surface area contributed by atoms with Crippen LogP contribution in [-0.2, 0) is 11.3 Å². The molecule has 0 saturated heterocycles. The van der Waals surface area contributed by atoms with Gasteiger partial charge in [-0.1, -0.05) is 0 Å². The lowest BCUT2D eigenvalue weighted by atomic mass is 10.4. The summed E-state index contributed by atoms with van der Waals surface area (Å²) in [5.41, 5.74) is 4.77. The molecule has 13 heavy (non-hydrogen) atoms. The van der Waals surface area contributed by atoms with E-state index in [9.17, 15) is 9.59 Å². The topological polar surface area (TPSA) is 70.0 Å². The number of hydrogen-bond acceptors (Lipinski definition) is 2. The van der Waals surface area contributed by atoms with Crippen LogP contribution < -0.4 is 11.4 Å². The van der Waals surface area contributed by atoms with Gasteiger partial charge in [-0.3, -0.25) is 13.9 Å². The van der Waals surface area contributed by atoms with Crippen LogP contribution in [-0.4, -0.2) is 15.0 Å². The molecule has 5 heteroatoms. The second-order valence-corrected chi connectivity index (χ2v) is 3.18. The molecule has 72 valence electrons. The maximum absolute atomic E-state index is 11.5. The van der Waals surface area contributed by atoms with Gasteiger partial charge in [-0.25, -0.2) is 4.79 Å². The molecule has 1 aromatic heterocycles. The molecule has 2 N–H and O–H groups in total. The SMILES string of the molecule is CC(C)n1ccn(CC(N)=O)c1=O.